The van der Waals surface area contributed by atoms with E-state index in [9.17, 15) is 0 Å². The van der Waals surface area contributed by atoms with Crippen molar-refractivity contribution in [2.45, 2.75) is 12.1 Å². The maximum Gasteiger partial charge on any atom is 0.208 e. The number of aromatic nitrogens is 4. The average Bonchev–Trinajstić information content (AvgIpc) is 3.17. The molecule has 136 valence electrons. The quantitative estimate of drug-likeness (QED) is 0.372. The van der Waals surface area contributed by atoms with Crippen LogP contribution in [0.5, 0.6) is 0 Å². The summed E-state index contributed by atoms with van der Waals surface area (Å²) in [6.45, 7) is 2.08. The van der Waals surface area contributed by atoms with E-state index >= 15 is 0 Å². The van der Waals surface area contributed by atoms with Crippen LogP contribution in [-0.2, 0) is 4.84 Å². The number of nitrogens with one attached hydrogen (secondary N) is 2. The maximum atomic E-state index is 5.11. The van der Waals surface area contributed by atoms with Gasteiger partial charge in [-0.3, -0.25) is 20.4 Å². The van der Waals surface area contributed by atoms with Gasteiger partial charge in [0.2, 0.25) is 5.16 Å². The predicted molar refractivity (Wildman–Crippen MR) is 110 cm³/mol. The lowest BCUT2D eigenvalue weighted by atomic mass is 10.00. The zero-order chi connectivity index (χ0) is 18.6. The number of hydrogen-bond donors (Lipinski definition) is 2. The second kappa shape index (κ2) is 7.77. The summed E-state index contributed by atoms with van der Waals surface area (Å²) in [6.07, 6.45) is 1.80. The van der Waals surface area contributed by atoms with Crippen LogP contribution < -0.4 is 5.48 Å². The maximum absolute atomic E-state index is 5.11. The number of hydrogen-bond acceptors (Lipinski definition) is 6. The van der Waals surface area contributed by atoms with Crippen molar-refractivity contribution < 1.29 is 4.84 Å². The Morgan fingerprint density at radius 3 is 2.81 bits per heavy atom. The van der Waals surface area contributed by atoms with E-state index in [0.717, 1.165) is 50.0 Å². The van der Waals surface area contributed by atoms with Crippen molar-refractivity contribution in [1.82, 2.24) is 20.2 Å². The van der Waals surface area contributed by atoms with Gasteiger partial charge in [-0.15, -0.1) is 5.10 Å². The van der Waals surface area contributed by atoms with E-state index in [1.165, 1.54) is 0 Å². The predicted octanol–water partition coefficient (Wildman–Crippen LogP) is 4.77. The first-order valence-electron chi connectivity index (χ1n) is 8.61. The Bertz CT molecular complexity index is 1080. The summed E-state index contributed by atoms with van der Waals surface area (Å²) in [5.74, 6) is 1.66. The van der Waals surface area contributed by atoms with Gasteiger partial charge in [-0.05, 0) is 53.3 Å². The van der Waals surface area contributed by atoms with E-state index in [4.69, 9.17) is 4.84 Å². The zero-order valence-corrected chi connectivity index (χ0v) is 15.9. The van der Waals surface area contributed by atoms with Gasteiger partial charge in [0, 0.05) is 17.1 Å². The van der Waals surface area contributed by atoms with Crippen LogP contribution in [0.2, 0.25) is 0 Å². The topological polar surface area (TPSA) is 75.7 Å². The monoisotopic (exact) mass is 377 g/mol. The van der Waals surface area contributed by atoms with Crippen molar-refractivity contribution in [3.05, 3.63) is 54.7 Å². The Kier molecular flexibility index (Phi) is 5.04. The molecule has 27 heavy (non-hydrogen) atoms. The van der Waals surface area contributed by atoms with E-state index in [1.807, 2.05) is 24.3 Å². The molecule has 6 nitrogen and oxygen atoms in total. The van der Waals surface area contributed by atoms with E-state index < -0.39 is 0 Å². The lowest BCUT2D eigenvalue weighted by Crippen LogP contribution is -1.97. The Hall–Kier alpha value is -2.90. The normalized spacial score (nSPS) is 11.0. The molecule has 0 atom stereocenters. The summed E-state index contributed by atoms with van der Waals surface area (Å²) in [6, 6.07) is 16.4. The highest BCUT2D eigenvalue weighted by atomic mass is 32.2. The molecule has 2 N–H and O–H groups in total. The minimum absolute atomic E-state index is 0.731. The number of pyridine rings is 1. The molecule has 0 aliphatic rings. The van der Waals surface area contributed by atoms with Gasteiger partial charge in [0.05, 0.1) is 18.3 Å². The number of H-pyrrole nitrogens is 1. The van der Waals surface area contributed by atoms with E-state index in [1.54, 1.807) is 25.1 Å². The minimum atomic E-state index is 0.731. The first-order valence-corrected chi connectivity index (χ1v) is 9.60. The average molecular weight is 377 g/mol. The summed E-state index contributed by atoms with van der Waals surface area (Å²) >= 11 is 1.61. The molecule has 2 heterocycles. The second-order valence-corrected chi connectivity index (χ2v) is 7.15. The van der Waals surface area contributed by atoms with Crippen molar-refractivity contribution in [1.29, 1.82) is 0 Å². The fourth-order valence-electron chi connectivity index (χ4n) is 2.93. The fourth-order valence-corrected chi connectivity index (χ4v) is 3.46. The van der Waals surface area contributed by atoms with Crippen LogP contribution in [0.15, 0.2) is 59.9 Å². The Balaban J connectivity index is 1.79. The SMILES string of the molecule is CCSc1n[nH]c(-c2cc(NOC)cc(-c3ccc4ncccc4c3)c2)n1. The smallest absolute Gasteiger partial charge is 0.208 e. The minimum Gasteiger partial charge on any atom is -0.279 e. The molecule has 0 saturated heterocycles. The highest BCUT2D eigenvalue weighted by Crippen LogP contribution is 2.31. The molecular weight excluding hydrogens is 358 g/mol. The second-order valence-electron chi connectivity index (χ2n) is 5.92. The fraction of sp³-hybridized carbons (Fsp3) is 0.150. The van der Waals surface area contributed by atoms with E-state index in [-0.39, 0.29) is 0 Å². The number of rotatable bonds is 6. The lowest BCUT2D eigenvalue weighted by Gasteiger charge is -2.10. The number of aromatic amines is 1. The van der Waals surface area contributed by atoms with Gasteiger partial charge in [0.15, 0.2) is 5.82 Å². The van der Waals surface area contributed by atoms with Gasteiger partial charge in [-0.2, -0.15) is 0 Å². The molecule has 4 aromatic rings. The van der Waals surface area contributed by atoms with Crippen LogP contribution >= 0.6 is 11.8 Å². The Morgan fingerprint density at radius 1 is 1.07 bits per heavy atom. The van der Waals surface area contributed by atoms with Crippen molar-refractivity contribution >= 4 is 28.4 Å². The molecule has 0 aliphatic carbocycles. The van der Waals surface area contributed by atoms with E-state index in [2.05, 4.69) is 56.8 Å². The number of nitrogens with zero attached hydrogens (tertiary/aromatic N) is 3. The largest absolute Gasteiger partial charge is 0.279 e. The van der Waals surface area contributed by atoms with Crippen LogP contribution in [0.4, 0.5) is 5.69 Å². The number of benzene rings is 2. The molecule has 0 fully saturated rings. The van der Waals surface area contributed by atoms with Crippen molar-refractivity contribution in [3.8, 4) is 22.5 Å². The van der Waals surface area contributed by atoms with Gasteiger partial charge < -0.3 is 0 Å². The Labute approximate surface area is 161 Å². The van der Waals surface area contributed by atoms with Gasteiger partial charge >= 0.3 is 0 Å². The van der Waals surface area contributed by atoms with Crippen LogP contribution in [0.25, 0.3) is 33.4 Å². The number of thioether (sulfide) groups is 1. The molecule has 0 amide bonds. The molecule has 4 rings (SSSR count). The summed E-state index contributed by atoms with van der Waals surface area (Å²) in [4.78, 5) is 14.1. The third-order valence-electron chi connectivity index (χ3n) is 4.10. The standard InChI is InChI=1S/C20H19N5OS/c1-3-27-20-22-19(23-24-20)16-10-15(11-17(12-16)25-26-2)13-6-7-18-14(9-13)5-4-8-21-18/h4-12,25H,3H2,1-2H3,(H,22,23,24). The first kappa shape index (κ1) is 17.5. The van der Waals surface area contributed by atoms with Crippen LogP contribution in [0, 0.1) is 0 Å². The third kappa shape index (κ3) is 3.79. The number of fused-ring (bicyclic) bond motifs is 1. The van der Waals surface area contributed by atoms with Gasteiger partial charge in [-0.25, -0.2) is 4.98 Å². The summed E-state index contributed by atoms with van der Waals surface area (Å²) < 4.78 is 0. The molecule has 0 radical (unpaired) electrons. The zero-order valence-electron chi connectivity index (χ0n) is 15.1. The number of anilines is 1. The molecule has 0 spiro atoms. The summed E-state index contributed by atoms with van der Waals surface area (Å²) in [5.41, 5.74) is 7.83. The molecule has 0 aliphatic heterocycles. The molecule has 2 aromatic carbocycles. The molecule has 0 saturated carbocycles. The van der Waals surface area contributed by atoms with Crippen molar-refractivity contribution in [2.24, 2.45) is 0 Å². The van der Waals surface area contributed by atoms with Gasteiger partial charge in [0.1, 0.15) is 0 Å². The Morgan fingerprint density at radius 2 is 1.96 bits per heavy atom. The highest BCUT2D eigenvalue weighted by Gasteiger charge is 2.10. The van der Waals surface area contributed by atoms with Crippen molar-refractivity contribution in [3.63, 3.8) is 0 Å². The molecule has 0 unspecified atom stereocenters. The van der Waals surface area contributed by atoms with Crippen molar-refractivity contribution in [2.75, 3.05) is 18.3 Å². The molecule has 0 bridgehead atoms. The van der Waals surface area contributed by atoms with Crippen LogP contribution in [-0.4, -0.2) is 33.0 Å². The van der Waals surface area contributed by atoms with Crippen LogP contribution in [0.3, 0.4) is 0 Å². The van der Waals surface area contributed by atoms with Crippen LogP contribution in [0.1, 0.15) is 6.92 Å². The van der Waals surface area contributed by atoms with E-state index in [0.29, 0.717) is 0 Å². The highest BCUT2D eigenvalue weighted by molar-refractivity contribution is 7.99. The first-order chi connectivity index (χ1) is 13.3. The van der Waals surface area contributed by atoms with Gasteiger partial charge in [-0.1, -0.05) is 30.8 Å². The third-order valence-corrected chi connectivity index (χ3v) is 4.83. The van der Waals surface area contributed by atoms with Gasteiger partial charge in [0.25, 0.3) is 0 Å². The molecular formula is C20H19N5OS. The summed E-state index contributed by atoms with van der Waals surface area (Å²) in [7, 11) is 1.60. The lowest BCUT2D eigenvalue weighted by molar-refractivity contribution is 0.271. The molecule has 2 aromatic heterocycles. The summed E-state index contributed by atoms with van der Waals surface area (Å²) in [5, 5.41) is 9.14. The molecule has 7 heteroatoms.